The number of aryl methyl sites for hydroxylation is 1. The van der Waals surface area contributed by atoms with Crippen LogP contribution in [0.1, 0.15) is 24.5 Å². The lowest BCUT2D eigenvalue weighted by atomic mass is 10.1. The summed E-state index contributed by atoms with van der Waals surface area (Å²) in [5.74, 6) is 0.0140. The van der Waals surface area contributed by atoms with E-state index in [2.05, 4.69) is 11.9 Å². The van der Waals surface area contributed by atoms with Crippen molar-refractivity contribution in [2.24, 2.45) is 4.99 Å². The fraction of sp³-hybridized carbons (Fsp3) is 0.200. The lowest BCUT2D eigenvalue weighted by Crippen LogP contribution is -2.29. The Hall–Kier alpha value is -2.04. The number of amides is 1. The Morgan fingerprint density at radius 2 is 1.80 bits per heavy atom. The Kier molecular flexibility index (Phi) is 5.61. The fourth-order valence-electron chi connectivity index (χ4n) is 2.45. The van der Waals surface area contributed by atoms with Crippen molar-refractivity contribution in [2.75, 3.05) is 6.54 Å². The molecule has 5 heteroatoms. The maximum Gasteiger partial charge on any atom is 0.266 e. The number of carbonyl (C=O) groups is 1. The van der Waals surface area contributed by atoms with Gasteiger partial charge in [0.1, 0.15) is 0 Å². The van der Waals surface area contributed by atoms with Crippen LogP contribution < -0.4 is 0 Å². The summed E-state index contributed by atoms with van der Waals surface area (Å²) in [5, 5.41) is 1.39. The molecule has 3 nitrogen and oxygen atoms in total. The number of hydrogen-bond donors (Lipinski definition) is 0. The number of nitrogens with zero attached hydrogens (tertiary/aromatic N) is 2. The van der Waals surface area contributed by atoms with Gasteiger partial charge in [-0.3, -0.25) is 9.69 Å². The van der Waals surface area contributed by atoms with Crippen LogP contribution in [0.15, 0.2) is 58.4 Å². The van der Waals surface area contributed by atoms with E-state index < -0.39 is 0 Å². The van der Waals surface area contributed by atoms with Crippen LogP contribution in [0.4, 0.5) is 5.69 Å². The Labute approximate surface area is 157 Å². The Morgan fingerprint density at radius 3 is 2.44 bits per heavy atom. The van der Waals surface area contributed by atoms with E-state index in [1.54, 1.807) is 17.0 Å². The number of amidine groups is 1. The number of benzene rings is 2. The summed E-state index contributed by atoms with van der Waals surface area (Å²) in [6, 6.07) is 15.4. The molecule has 1 aliphatic heterocycles. The smallest absolute Gasteiger partial charge is 0.266 e. The molecule has 0 unspecified atom stereocenters. The average Bonchev–Trinajstić information content (AvgIpc) is 2.88. The third kappa shape index (κ3) is 4.33. The molecule has 1 saturated heterocycles. The van der Waals surface area contributed by atoms with E-state index in [1.165, 1.54) is 17.3 Å². The highest BCUT2D eigenvalue weighted by molar-refractivity contribution is 8.18. The summed E-state index contributed by atoms with van der Waals surface area (Å²) in [5.41, 5.74) is 3.01. The molecule has 25 heavy (non-hydrogen) atoms. The van der Waals surface area contributed by atoms with Crippen LogP contribution in [0, 0.1) is 6.92 Å². The predicted octanol–water partition coefficient (Wildman–Crippen LogP) is 5.66. The SMILES string of the molecule is CCCN1C(=O)/C(=C/c2ccc(C)cc2)SC1=Nc1ccc(Cl)cc1. The van der Waals surface area contributed by atoms with E-state index in [-0.39, 0.29) is 5.91 Å². The van der Waals surface area contributed by atoms with Crippen molar-refractivity contribution in [3.63, 3.8) is 0 Å². The molecule has 128 valence electrons. The highest BCUT2D eigenvalue weighted by Gasteiger charge is 2.32. The molecule has 0 atom stereocenters. The van der Waals surface area contributed by atoms with Gasteiger partial charge in [-0.05, 0) is 61.0 Å². The molecule has 1 aliphatic rings. The van der Waals surface area contributed by atoms with Crippen molar-refractivity contribution >= 4 is 46.2 Å². The molecule has 0 bridgehead atoms. The number of halogens is 1. The van der Waals surface area contributed by atoms with Crippen molar-refractivity contribution in [3.05, 3.63) is 69.6 Å². The van der Waals surface area contributed by atoms with Gasteiger partial charge in [-0.2, -0.15) is 0 Å². The van der Waals surface area contributed by atoms with Gasteiger partial charge in [0, 0.05) is 11.6 Å². The van der Waals surface area contributed by atoms with Crippen LogP contribution in [-0.2, 0) is 4.79 Å². The monoisotopic (exact) mass is 370 g/mol. The first-order valence-electron chi connectivity index (χ1n) is 8.19. The summed E-state index contributed by atoms with van der Waals surface area (Å²) in [4.78, 5) is 19.8. The van der Waals surface area contributed by atoms with Gasteiger partial charge in [0.25, 0.3) is 5.91 Å². The van der Waals surface area contributed by atoms with E-state index >= 15 is 0 Å². The van der Waals surface area contributed by atoms with E-state index in [0.717, 1.165) is 17.7 Å². The quantitative estimate of drug-likeness (QED) is 0.650. The second kappa shape index (κ2) is 7.89. The van der Waals surface area contributed by atoms with E-state index in [9.17, 15) is 4.79 Å². The molecular formula is C20H19ClN2OS. The molecule has 2 aromatic carbocycles. The number of carbonyl (C=O) groups excluding carboxylic acids is 1. The minimum Gasteiger partial charge on any atom is -0.286 e. The van der Waals surface area contributed by atoms with Gasteiger partial charge >= 0.3 is 0 Å². The summed E-state index contributed by atoms with van der Waals surface area (Å²) >= 11 is 7.35. The van der Waals surface area contributed by atoms with Crippen LogP contribution in [-0.4, -0.2) is 22.5 Å². The third-order valence-electron chi connectivity index (χ3n) is 3.76. The lowest BCUT2D eigenvalue weighted by molar-refractivity contribution is -0.122. The van der Waals surface area contributed by atoms with E-state index in [0.29, 0.717) is 21.6 Å². The number of thioether (sulfide) groups is 1. The maximum absolute atomic E-state index is 12.8. The van der Waals surface area contributed by atoms with Gasteiger partial charge in [0.05, 0.1) is 10.6 Å². The summed E-state index contributed by atoms with van der Waals surface area (Å²) in [6.45, 7) is 4.76. The number of aliphatic imine (C=N–C) groups is 1. The Bertz CT molecular complexity index is 826. The second-order valence-corrected chi connectivity index (χ2v) is 7.29. The second-order valence-electron chi connectivity index (χ2n) is 5.85. The zero-order valence-electron chi connectivity index (χ0n) is 14.2. The molecular weight excluding hydrogens is 352 g/mol. The van der Waals surface area contributed by atoms with Gasteiger partial charge in [0.15, 0.2) is 5.17 Å². The van der Waals surface area contributed by atoms with Crippen molar-refractivity contribution in [1.82, 2.24) is 4.90 Å². The zero-order valence-corrected chi connectivity index (χ0v) is 15.8. The molecule has 0 spiro atoms. The van der Waals surface area contributed by atoms with Crippen LogP contribution in [0.5, 0.6) is 0 Å². The van der Waals surface area contributed by atoms with E-state index in [4.69, 9.17) is 11.6 Å². The molecule has 0 aromatic heterocycles. The van der Waals surface area contributed by atoms with Gasteiger partial charge < -0.3 is 0 Å². The first-order valence-corrected chi connectivity index (χ1v) is 9.38. The summed E-state index contributed by atoms with van der Waals surface area (Å²) in [6.07, 6.45) is 2.81. The van der Waals surface area contributed by atoms with Gasteiger partial charge in [0.2, 0.25) is 0 Å². The van der Waals surface area contributed by atoms with Crippen molar-refractivity contribution in [3.8, 4) is 0 Å². The third-order valence-corrected chi connectivity index (χ3v) is 5.02. The Morgan fingerprint density at radius 1 is 1.12 bits per heavy atom. The Balaban J connectivity index is 1.91. The van der Waals surface area contributed by atoms with Crippen molar-refractivity contribution < 1.29 is 4.79 Å². The lowest BCUT2D eigenvalue weighted by Gasteiger charge is -2.13. The van der Waals surface area contributed by atoms with Crippen LogP contribution >= 0.6 is 23.4 Å². The number of hydrogen-bond acceptors (Lipinski definition) is 3. The van der Waals surface area contributed by atoms with Gasteiger partial charge in [-0.1, -0.05) is 48.4 Å². The largest absolute Gasteiger partial charge is 0.286 e. The molecule has 2 aromatic rings. The average molecular weight is 371 g/mol. The molecule has 0 saturated carbocycles. The standard InChI is InChI=1S/C20H19ClN2OS/c1-3-12-23-19(24)18(13-15-6-4-14(2)5-7-15)25-20(23)22-17-10-8-16(21)9-11-17/h4-11,13H,3,12H2,1-2H3/b18-13-,22-20?. The molecule has 1 amide bonds. The van der Waals surface area contributed by atoms with Crippen molar-refractivity contribution in [1.29, 1.82) is 0 Å². The summed E-state index contributed by atoms with van der Waals surface area (Å²) in [7, 11) is 0. The van der Waals surface area contributed by atoms with Gasteiger partial charge in [-0.25, -0.2) is 4.99 Å². The minimum absolute atomic E-state index is 0.0140. The van der Waals surface area contributed by atoms with Gasteiger partial charge in [-0.15, -0.1) is 0 Å². The number of rotatable bonds is 4. The molecule has 0 aliphatic carbocycles. The van der Waals surface area contributed by atoms with Crippen LogP contribution in [0.3, 0.4) is 0 Å². The highest BCUT2D eigenvalue weighted by atomic mass is 35.5. The van der Waals surface area contributed by atoms with Crippen LogP contribution in [0.2, 0.25) is 5.02 Å². The zero-order chi connectivity index (χ0) is 17.8. The maximum atomic E-state index is 12.8. The molecule has 1 heterocycles. The summed E-state index contributed by atoms with van der Waals surface area (Å²) < 4.78 is 0. The highest BCUT2D eigenvalue weighted by Crippen LogP contribution is 2.34. The van der Waals surface area contributed by atoms with E-state index in [1.807, 2.05) is 49.4 Å². The normalized spacial score (nSPS) is 17.7. The molecule has 3 rings (SSSR count). The first kappa shape index (κ1) is 17.8. The topological polar surface area (TPSA) is 32.7 Å². The van der Waals surface area contributed by atoms with Crippen molar-refractivity contribution in [2.45, 2.75) is 20.3 Å². The van der Waals surface area contributed by atoms with Crippen LogP contribution in [0.25, 0.3) is 6.08 Å². The molecule has 1 fully saturated rings. The predicted molar refractivity (Wildman–Crippen MR) is 107 cm³/mol. The molecule has 0 radical (unpaired) electrons. The molecule has 0 N–H and O–H groups in total. The minimum atomic E-state index is 0.0140. The first-order chi connectivity index (χ1) is 12.1. The fourth-order valence-corrected chi connectivity index (χ4v) is 3.60.